The normalized spacial score (nSPS) is 17.7. The van der Waals surface area contributed by atoms with Crippen LogP contribution >= 0.6 is 0 Å². The van der Waals surface area contributed by atoms with Gasteiger partial charge in [0, 0.05) is 0 Å². The van der Waals surface area contributed by atoms with Crippen molar-refractivity contribution in [1.29, 1.82) is 0 Å². The van der Waals surface area contributed by atoms with Gasteiger partial charge in [0.15, 0.2) is 0 Å². The minimum absolute atomic E-state index is 0.161. The molecule has 0 saturated heterocycles. The van der Waals surface area contributed by atoms with Crippen molar-refractivity contribution < 1.29 is 10.2 Å². The average molecular weight is 244 g/mol. The Morgan fingerprint density at radius 1 is 1.19 bits per heavy atom. The van der Waals surface area contributed by atoms with Crippen molar-refractivity contribution in [2.75, 3.05) is 0 Å². The highest BCUT2D eigenvalue weighted by Gasteiger charge is 2.24. The Bertz CT molecular complexity index is 229. The maximum atomic E-state index is 10.1. The molecule has 0 unspecified atom stereocenters. The second-order valence-corrected chi connectivity index (χ2v) is 11.0. The number of hydrogen-bond donors (Lipinski definition) is 2. The molecule has 0 rings (SSSR count). The topological polar surface area (TPSA) is 40.5 Å². The largest absolute Gasteiger partial charge is 0.389 e. The van der Waals surface area contributed by atoms with Gasteiger partial charge < -0.3 is 10.2 Å². The standard InChI is InChI=1S/C13H28O2Si/c1-7-8-12(14)11(9-16(4,5)6)13(15)10(2)3/h9-10,12-15H,7-8H2,1-6H3/b11-9-/t12-,13+/m1/s1. The van der Waals surface area contributed by atoms with Crippen molar-refractivity contribution in [3.05, 3.63) is 11.3 Å². The summed E-state index contributed by atoms with van der Waals surface area (Å²) in [6.07, 6.45) is 0.692. The molecule has 0 aliphatic carbocycles. The van der Waals surface area contributed by atoms with Gasteiger partial charge in [-0.05, 0) is 17.9 Å². The molecule has 0 bridgehead atoms. The van der Waals surface area contributed by atoms with E-state index >= 15 is 0 Å². The molecule has 0 radical (unpaired) electrons. The third-order valence-corrected chi connectivity index (χ3v) is 3.72. The Morgan fingerprint density at radius 2 is 1.69 bits per heavy atom. The Labute approximate surface area is 101 Å². The molecule has 0 spiro atoms. The first-order valence-electron chi connectivity index (χ1n) is 6.27. The van der Waals surface area contributed by atoms with E-state index in [-0.39, 0.29) is 5.92 Å². The van der Waals surface area contributed by atoms with Crippen LogP contribution < -0.4 is 0 Å². The lowest BCUT2D eigenvalue weighted by Crippen LogP contribution is -2.30. The summed E-state index contributed by atoms with van der Waals surface area (Å²) in [4.78, 5) is 0. The first-order valence-corrected chi connectivity index (χ1v) is 9.85. The predicted octanol–water partition coefficient (Wildman–Crippen LogP) is 2.97. The van der Waals surface area contributed by atoms with E-state index in [0.29, 0.717) is 0 Å². The second-order valence-electron chi connectivity index (χ2n) is 6.00. The van der Waals surface area contributed by atoms with Crippen molar-refractivity contribution >= 4 is 8.07 Å². The predicted molar refractivity (Wildman–Crippen MR) is 73.2 cm³/mol. The van der Waals surface area contributed by atoms with Gasteiger partial charge in [0.1, 0.15) is 0 Å². The summed E-state index contributed by atoms with van der Waals surface area (Å²) in [6, 6.07) is 0. The van der Waals surface area contributed by atoms with Crippen LogP contribution in [0.2, 0.25) is 19.6 Å². The highest BCUT2D eigenvalue weighted by atomic mass is 28.3. The smallest absolute Gasteiger partial charge is 0.0794 e. The Balaban J connectivity index is 4.98. The summed E-state index contributed by atoms with van der Waals surface area (Å²) in [6.45, 7) is 12.7. The highest BCUT2D eigenvalue weighted by Crippen LogP contribution is 2.21. The number of rotatable bonds is 6. The van der Waals surface area contributed by atoms with Crippen LogP contribution in [0, 0.1) is 5.92 Å². The molecule has 0 aliphatic rings. The fraction of sp³-hybridized carbons (Fsp3) is 0.846. The van der Waals surface area contributed by atoms with Gasteiger partial charge in [-0.2, -0.15) is 0 Å². The molecule has 0 amide bonds. The Morgan fingerprint density at radius 3 is 2.00 bits per heavy atom. The maximum Gasteiger partial charge on any atom is 0.0794 e. The van der Waals surface area contributed by atoms with E-state index in [9.17, 15) is 10.2 Å². The van der Waals surface area contributed by atoms with E-state index in [1.54, 1.807) is 0 Å². The average Bonchev–Trinajstić information content (AvgIpc) is 2.11. The molecule has 0 fully saturated rings. The summed E-state index contributed by atoms with van der Waals surface area (Å²) in [7, 11) is -1.40. The van der Waals surface area contributed by atoms with Crippen LogP contribution in [-0.4, -0.2) is 30.5 Å². The molecule has 2 N–H and O–H groups in total. The molecular formula is C13H28O2Si. The van der Waals surface area contributed by atoms with Gasteiger partial charge in [-0.25, -0.2) is 0 Å². The van der Waals surface area contributed by atoms with Crippen molar-refractivity contribution in [3.8, 4) is 0 Å². The zero-order valence-electron chi connectivity index (χ0n) is 11.6. The lowest BCUT2D eigenvalue weighted by molar-refractivity contribution is 0.110. The van der Waals surface area contributed by atoms with Gasteiger partial charge >= 0.3 is 0 Å². The van der Waals surface area contributed by atoms with Crippen LogP contribution in [0.25, 0.3) is 0 Å². The number of aliphatic hydroxyl groups is 2. The summed E-state index contributed by atoms with van der Waals surface area (Å²) in [5.41, 5.74) is 2.99. The SMILES string of the molecule is CCC[C@@H](O)/C(=C/[Si](C)(C)C)[C@@H](O)C(C)C. The van der Waals surface area contributed by atoms with Gasteiger partial charge in [0.05, 0.1) is 20.3 Å². The molecular weight excluding hydrogens is 216 g/mol. The van der Waals surface area contributed by atoms with Crippen molar-refractivity contribution in [3.63, 3.8) is 0 Å². The van der Waals surface area contributed by atoms with Gasteiger partial charge in [-0.3, -0.25) is 0 Å². The van der Waals surface area contributed by atoms with Crippen molar-refractivity contribution in [1.82, 2.24) is 0 Å². The molecule has 0 aromatic heterocycles. The van der Waals surface area contributed by atoms with E-state index in [2.05, 4.69) is 32.3 Å². The second kappa shape index (κ2) is 6.57. The molecule has 0 aromatic rings. The number of hydrogen-bond acceptors (Lipinski definition) is 2. The zero-order chi connectivity index (χ0) is 12.9. The van der Waals surface area contributed by atoms with Gasteiger partial charge in [0.25, 0.3) is 0 Å². The van der Waals surface area contributed by atoms with Crippen molar-refractivity contribution in [2.24, 2.45) is 5.92 Å². The summed E-state index contributed by atoms with van der Waals surface area (Å²) >= 11 is 0. The fourth-order valence-corrected chi connectivity index (χ4v) is 3.07. The molecule has 16 heavy (non-hydrogen) atoms. The van der Waals surface area contributed by atoms with Crippen LogP contribution in [-0.2, 0) is 0 Å². The van der Waals surface area contributed by atoms with E-state index in [4.69, 9.17) is 0 Å². The summed E-state index contributed by atoms with van der Waals surface area (Å²) in [5, 5.41) is 20.2. The summed E-state index contributed by atoms with van der Waals surface area (Å²) in [5.74, 6) is 0.161. The minimum Gasteiger partial charge on any atom is -0.389 e. The molecule has 2 atom stereocenters. The van der Waals surface area contributed by atoms with E-state index in [0.717, 1.165) is 18.4 Å². The number of aliphatic hydroxyl groups excluding tert-OH is 2. The lowest BCUT2D eigenvalue weighted by atomic mass is 9.94. The van der Waals surface area contributed by atoms with E-state index in [1.807, 2.05) is 13.8 Å². The van der Waals surface area contributed by atoms with Crippen molar-refractivity contribution in [2.45, 2.75) is 65.5 Å². The van der Waals surface area contributed by atoms with Gasteiger partial charge in [0.2, 0.25) is 0 Å². The maximum absolute atomic E-state index is 10.1. The monoisotopic (exact) mass is 244 g/mol. The first-order chi connectivity index (χ1) is 7.19. The van der Waals surface area contributed by atoms with E-state index in [1.165, 1.54) is 0 Å². The molecule has 0 heterocycles. The van der Waals surface area contributed by atoms with Crippen LogP contribution in [0.1, 0.15) is 33.6 Å². The molecule has 3 heteroatoms. The quantitative estimate of drug-likeness (QED) is 0.705. The van der Waals surface area contributed by atoms with Gasteiger partial charge in [-0.15, -0.1) is 0 Å². The molecule has 0 aliphatic heterocycles. The molecule has 96 valence electrons. The first kappa shape index (κ1) is 15.9. The minimum atomic E-state index is -1.40. The molecule has 0 aromatic carbocycles. The van der Waals surface area contributed by atoms with Crippen LogP contribution in [0.5, 0.6) is 0 Å². The third-order valence-electron chi connectivity index (χ3n) is 2.52. The highest BCUT2D eigenvalue weighted by molar-refractivity contribution is 6.81. The third kappa shape index (κ3) is 5.82. The molecule has 0 saturated carbocycles. The lowest BCUT2D eigenvalue weighted by Gasteiger charge is -2.26. The fourth-order valence-electron chi connectivity index (χ4n) is 1.70. The zero-order valence-corrected chi connectivity index (χ0v) is 12.6. The van der Waals surface area contributed by atoms with Crippen LogP contribution in [0.15, 0.2) is 11.3 Å². The Kier molecular flexibility index (Phi) is 6.52. The van der Waals surface area contributed by atoms with Gasteiger partial charge in [-0.1, -0.05) is 52.5 Å². The Hall–Kier alpha value is -0.123. The van der Waals surface area contributed by atoms with Crippen LogP contribution in [0.4, 0.5) is 0 Å². The summed E-state index contributed by atoms with van der Waals surface area (Å²) < 4.78 is 0. The van der Waals surface area contributed by atoms with Crippen LogP contribution in [0.3, 0.4) is 0 Å². The van der Waals surface area contributed by atoms with E-state index < -0.39 is 20.3 Å². The molecule has 2 nitrogen and oxygen atoms in total.